The van der Waals surface area contributed by atoms with Crippen LogP contribution in [0.15, 0.2) is 117 Å². The third kappa shape index (κ3) is 6.07. The van der Waals surface area contributed by atoms with E-state index in [4.69, 9.17) is 0 Å². The van der Waals surface area contributed by atoms with Gasteiger partial charge in [0, 0.05) is 9.79 Å². The molecule has 0 saturated heterocycles. The lowest BCUT2D eigenvalue weighted by molar-refractivity contribution is 0.598. The normalized spacial score (nSPS) is 11.7. The highest BCUT2D eigenvalue weighted by Gasteiger charge is 2.20. The summed E-state index contributed by atoms with van der Waals surface area (Å²) >= 11 is 0. The predicted molar refractivity (Wildman–Crippen MR) is 149 cm³/mol. The van der Waals surface area contributed by atoms with E-state index in [9.17, 15) is 16.8 Å². The highest BCUT2D eigenvalue weighted by Crippen LogP contribution is 2.44. The van der Waals surface area contributed by atoms with E-state index >= 15 is 0 Å². The molecule has 36 heavy (non-hydrogen) atoms. The van der Waals surface area contributed by atoms with Crippen LogP contribution in [0.1, 0.15) is 11.1 Å². The second-order valence-corrected chi connectivity index (χ2v) is 13.4. The van der Waals surface area contributed by atoms with Gasteiger partial charge in [-0.1, -0.05) is 82.3 Å². The molecule has 0 unspecified atom stereocenters. The van der Waals surface area contributed by atoms with Crippen LogP contribution < -0.4 is 9.44 Å². The number of hydrogen-bond donors (Lipinski definition) is 2. The molecular formula is C26H24N2O4S4. The molecule has 0 aliphatic heterocycles. The minimum absolute atomic E-state index is 0.216. The van der Waals surface area contributed by atoms with Gasteiger partial charge in [-0.3, -0.25) is 9.44 Å². The molecule has 0 radical (unpaired) electrons. The van der Waals surface area contributed by atoms with Gasteiger partial charge in [-0.2, -0.15) is 0 Å². The number of para-hydroxylation sites is 2. The highest BCUT2D eigenvalue weighted by molar-refractivity contribution is 8.76. The van der Waals surface area contributed by atoms with Crippen molar-refractivity contribution < 1.29 is 16.8 Å². The predicted octanol–water partition coefficient (Wildman–Crippen LogP) is 6.70. The van der Waals surface area contributed by atoms with E-state index in [1.165, 1.54) is 21.6 Å². The summed E-state index contributed by atoms with van der Waals surface area (Å²) in [5.41, 5.74) is 2.19. The Labute approximate surface area is 220 Å². The maximum atomic E-state index is 13.0. The molecule has 0 saturated carbocycles. The highest BCUT2D eigenvalue weighted by atomic mass is 33.1. The molecule has 10 heteroatoms. The maximum absolute atomic E-state index is 13.0. The zero-order chi connectivity index (χ0) is 25.8. The van der Waals surface area contributed by atoms with Crippen LogP contribution in [-0.4, -0.2) is 16.8 Å². The van der Waals surface area contributed by atoms with Crippen molar-refractivity contribution in [3.63, 3.8) is 0 Å². The maximum Gasteiger partial charge on any atom is 0.262 e. The summed E-state index contributed by atoms with van der Waals surface area (Å²) in [5.74, 6) is 0. The summed E-state index contributed by atoms with van der Waals surface area (Å²) in [6.07, 6.45) is 0. The molecule has 0 bridgehead atoms. The Morgan fingerprint density at radius 1 is 0.500 bits per heavy atom. The van der Waals surface area contributed by atoms with Gasteiger partial charge in [-0.05, 0) is 61.4 Å². The molecule has 0 aromatic heterocycles. The Hall–Kier alpha value is -2.92. The van der Waals surface area contributed by atoms with Crippen LogP contribution in [0.3, 0.4) is 0 Å². The second-order valence-electron chi connectivity index (χ2n) is 7.90. The molecule has 186 valence electrons. The van der Waals surface area contributed by atoms with Crippen LogP contribution in [-0.2, 0) is 20.0 Å². The Morgan fingerprint density at radius 2 is 0.833 bits per heavy atom. The average Bonchev–Trinajstić information content (AvgIpc) is 2.84. The number of hydrogen-bond acceptors (Lipinski definition) is 6. The summed E-state index contributed by atoms with van der Waals surface area (Å²) in [5, 5.41) is 0. The van der Waals surface area contributed by atoms with Crippen molar-refractivity contribution in [2.24, 2.45) is 0 Å². The number of nitrogens with one attached hydrogen (secondary N) is 2. The van der Waals surface area contributed by atoms with Crippen LogP contribution in [0.5, 0.6) is 0 Å². The lowest BCUT2D eigenvalue weighted by Crippen LogP contribution is -2.14. The van der Waals surface area contributed by atoms with Gasteiger partial charge in [-0.15, -0.1) is 0 Å². The van der Waals surface area contributed by atoms with Crippen molar-refractivity contribution in [2.45, 2.75) is 33.4 Å². The topological polar surface area (TPSA) is 92.3 Å². The van der Waals surface area contributed by atoms with Gasteiger partial charge in [-0.25, -0.2) is 16.8 Å². The molecule has 0 heterocycles. The van der Waals surface area contributed by atoms with Gasteiger partial charge in [0.15, 0.2) is 0 Å². The largest absolute Gasteiger partial charge is 0.278 e. The first kappa shape index (κ1) is 26.2. The first-order chi connectivity index (χ1) is 17.2. The van der Waals surface area contributed by atoms with Gasteiger partial charge < -0.3 is 0 Å². The lowest BCUT2D eigenvalue weighted by atomic mass is 10.2. The van der Waals surface area contributed by atoms with E-state index in [-0.39, 0.29) is 9.79 Å². The van der Waals surface area contributed by atoms with Crippen molar-refractivity contribution in [1.29, 1.82) is 0 Å². The molecule has 0 aliphatic carbocycles. The molecule has 0 atom stereocenters. The fraction of sp³-hybridized carbons (Fsp3) is 0.0769. The first-order valence-corrected chi connectivity index (χ1v) is 16.0. The molecule has 0 amide bonds. The molecule has 0 aliphatic rings. The third-order valence-electron chi connectivity index (χ3n) is 5.25. The Balaban J connectivity index is 1.56. The number of anilines is 2. The van der Waals surface area contributed by atoms with E-state index in [1.54, 1.807) is 86.6 Å². The molecular weight excluding hydrogens is 533 g/mol. The van der Waals surface area contributed by atoms with E-state index < -0.39 is 20.0 Å². The minimum atomic E-state index is -3.78. The summed E-state index contributed by atoms with van der Waals surface area (Å²) in [4.78, 5) is 1.81. The first-order valence-electron chi connectivity index (χ1n) is 10.9. The van der Waals surface area contributed by atoms with E-state index in [1.807, 2.05) is 24.3 Å². The lowest BCUT2D eigenvalue weighted by Gasteiger charge is -2.15. The summed E-state index contributed by atoms with van der Waals surface area (Å²) < 4.78 is 57.4. The van der Waals surface area contributed by atoms with Crippen LogP contribution >= 0.6 is 21.6 Å². The summed E-state index contributed by atoms with van der Waals surface area (Å²) in [7, 11) is -4.89. The van der Waals surface area contributed by atoms with Gasteiger partial charge >= 0.3 is 0 Å². The van der Waals surface area contributed by atoms with Gasteiger partial charge in [0.1, 0.15) is 0 Å². The molecule has 6 nitrogen and oxygen atoms in total. The average molecular weight is 557 g/mol. The monoisotopic (exact) mass is 556 g/mol. The van der Waals surface area contributed by atoms with Gasteiger partial charge in [0.05, 0.1) is 21.2 Å². The smallest absolute Gasteiger partial charge is 0.262 e. The number of sulfonamides is 2. The van der Waals surface area contributed by atoms with Crippen molar-refractivity contribution >= 4 is 53.0 Å². The molecule has 0 fully saturated rings. The van der Waals surface area contributed by atoms with Crippen molar-refractivity contribution in [2.75, 3.05) is 9.44 Å². The fourth-order valence-corrected chi connectivity index (χ4v) is 8.51. The van der Waals surface area contributed by atoms with E-state index in [2.05, 4.69) is 9.44 Å². The molecule has 0 spiro atoms. The Kier molecular flexibility index (Phi) is 7.99. The number of benzene rings is 4. The van der Waals surface area contributed by atoms with Crippen LogP contribution in [0.4, 0.5) is 11.4 Å². The molecule has 4 aromatic carbocycles. The molecule has 4 rings (SSSR count). The zero-order valence-electron chi connectivity index (χ0n) is 19.5. The van der Waals surface area contributed by atoms with E-state index in [0.29, 0.717) is 32.3 Å². The Morgan fingerprint density at radius 3 is 1.22 bits per heavy atom. The minimum Gasteiger partial charge on any atom is -0.278 e. The number of rotatable bonds is 9. The molecule has 2 N–H and O–H groups in total. The third-order valence-corrected chi connectivity index (χ3v) is 10.8. The number of aryl methyl sites for hydroxylation is 2. The van der Waals surface area contributed by atoms with Crippen molar-refractivity contribution in [3.05, 3.63) is 108 Å². The quantitative estimate of drug-likeness (QED) is 0.223. The Bertz CT molecular complexity index is 1480. The molecule has 4 aromatic rings. The standard InChI is InChI=1S/C26H24N2O4S4/c1-19-11-3-9-17-25(19)35(29,30)27-21-13-5-7-15-23(21)33-34-24-16-8-6-14-22(24)28-36(31,32)26-18-10-4-12-20(26)2/h3-18,27-28H,1-2H3. The van der Waals surface area contributed by atoms with E-state index in [0.717, 1.165) is 0 Å². The zero-order valence-corrected chi connectivity index (χ0v) is 22.8. The van der Waals surface area contributed by atoms with Crippen molar-refractivity contribution in [1.82, 2.24) is 0 Å². The van der Waals surface area contributed by atoms with Crippen LogP contribution in [0.2, 0.25) is 0 Å². The second kappa shape index (κ2) is 11.0. The fourth-order valence-electron chi connectivity index (χ4n) is 3.45. The van der Waals surface area contributed by atoms with Crippen molar-refractivity contribution in [3.8, 4) is 0 Å². The SMILES string of the molecule is Cc1ccccc1S(=O)(=O)Nc1ccccc1SSc1ccccc1NS(=O)(=O)c1ccccc1C. The van der Waals surface area contributed by atoms with Crippen LogP contribution in [0, 0.1) is 13.8 Å². The summed E-state index contributed by atoms with van der Waals surface area (Å²) in [6, 6.07) is 27.8. The van der Waals surface area contributed by atoms with Crippen LogP contribution in [0.25, 0.3) is 0 Å². The van der Waals surface area contributed by atoms with Gasteiger partial charge in [0.2, 0.25) is 0 Å². The van der Waals surface area contributed by atoms with Gasteiger partial charge in [0.25, 0.3) is 20.0 Å². The summed E-state index contributed by atoms with van der Waals surface area (Å²) in [6.45, 7) is 3.50.